The number of hydrogen-bond acceptors (Lipinski definition) is 2. The summed E-state index contributed by atoms with van der Waals surface area (Å²) in [5, 5.41) is 8.66. The SMILES string of the molecule is C[N+]1(C)c2c3ccccc3n3c4cccc(c4)c4ccc5sc6cnc(cc6c5c4)c4cccc(c4)n4c5ccccc5c1c4c23. The van der Waals surface area contributed by atoms with Crippen molar-refractivity contribution in [3.63, 3.8) is 0 Å². The molecule has 0 spiro atoms. The van der Waals surface area contributed by atoms with Crippen molar-refractivity contribution in [2.45, 2.75) is 0 Å². The van der Waals surface area contributed by atoms with Crippen molar-refractivity contribution in [1.82, 2.24) is 18.3 Å². The predicted octanol–water partition coefficient (Wildman–Crippen LogP) is 11.1. The van der Waals surface area contributed by atoms with Gasteiger partial charge in [-0.2, -0.15) is 0 Å². The maximum atomic E-state index is 5.00. The van der Waals surface area contributed by atoms with E-state index in [1.54, 1.807) is 0 Å². The summed E-state index contributed by atoms with van der Waals surface area (Å²) in [6, 6.07) is 45.0. The van der Waals surface area contributed by atoms with E-state index in [9.17, 15) is 0 Å². The van der Waals surface area contributed by atoms with Gasteiger partial charge in [0.15, 0.2) is 11.4 Å². The topological polar surface area (TPSA) is 21.7 Å². The average molecular weight is 608 g/mol. The molecule has 0 atom stereocenters. The molecule has 6 heterocycles. The first-order valence-electron chi connectivity index (χ1n) is 15.7. The van der Waals surface area contributed by atoms with Gasteiger partial charge in [0.2, 0.25) is 0 Å². The standard InChI is InChI=1S/C41H27N4S/c1-45(2)40-29-13-3-5-15-34(29)43-27-11-7-9-24(19-27)25-17-18-36-31(21-25)32-22-33(42-23-37(32)46-36)26-10-8-12-28(20-26)44-35-16-6-4-14-30(35)41(45)39(44)38(40)43/h3-23H,1-2H3/q+1. The maximum absolute atomic E-state index is 5.00. The lowest BCUT2D eigenvalue weighted by molar-refractivity contribution is 0.578. The minimum Gasteiger partial charge on any atom is -0.302 e. The van der Waals surface area contributed by atoms with Crippen molar-refractivity contribution in [2.24, 2.45) is 0 Å². The van der Waals surface area contributed by atoms with Crippen LogP contribution in [0.15, 0.2) is 128 Å². The number of fused-ring (bicyclic) bond motifs is 16. The van der Waals surface area contributed by atoms with E-state index >= 15 is 0 Å². The number of hydrogen-bond donors (Lipinski definition) is 0. The smallest absolute Gasteiger partial charge is 0.173 e. The molecular formula is C41H27N4S+. The highest BCUT2D eigenvalue weighted by molar-refractivity contribution is 7.25. The van der Waals surface area contributed by atoms with Crippen molar-refractivity contribution in [1.29, 1.82) is 0 Å². The molecule has 1 aliphatic heterocycles. The van der Waals surface area contributed by atoms with Crippen molar-refractivity contribution >= 4 is 108 Å². The molecule has 8 bridgehead atoms. The summed E-state index contributed by atoms with van der Waals surface area (Å²) in [7, 11) is 4.69. The summed E-state index contributed by atoms with van der Waals surface area (Å²) < 4.78 is 8.17. The van der Waals surface area contributed by atoms with Crippen LogP contribution in [0.1, 0.15) is 0 Å². The molecule has 1 aliphatic rings. The fourth-order valence-electron chi connectivity index (χ4n) is 8.31. The van der Waals surface area contributed by atoms with Crippen molar-refractivity contribution < 1.29 is 0 Å². The quantitative estimate of drug-likeness (QED) is 0.157. The number of pyridine rings is 1. The zero-order valence-electron chi connectivity index (χ0n) is 25.3. The van der Waals surface area contributed by atoms with Crippen molar-refractivity contribution in [3.8, 4) is 0 Å². The first-order valence-corrected chi connectivity index (χ1v) is 16.5. The molecule has 0 radical (unpaired) electrons. The Bertz CT molecular complexity index is 2860. The summed E-state index contributed by atoms with van der Waals surface area (Å²) in [6.07, 6.45) is 2.05. The van der Waals surface area contributed by atoms with Gasteiger partial charge in [-0.1, -0.05) is 54.6 Å². The lowest BCUT2D eigenvalue weighted by Crippen LogP contribution is -2.32. The van der Waals surface area contributed by atoms with E-state index in [0.717, 1.165) is 16.4 Å². The van der Waals surface area contributed by atoms with Gasteiger partial charge in [-0.25, -0.2) is 0 Å². The van der Waals surface area contributed by atoms with Crippen LogP contribution in [0.5, 0.6) is 0 Å². The van der Waals surface area contributed by atoms with Crippen LogP contribution in [0.3, 0.4) is 0 Å². The molecule has 46 heavy (non-hydrogen) atoms. The number of rotatable bonds is 0. The monoisotopic (exact) mass is 607 g/mol. The number of para-hydroxylation sites is 2. The molecule has 0 aliphatic carbocycles. The van der Waals surface area contributed by atoms with Crippen LogP contribution in [0, 0.1) is 0 Å². The first kappa shape index (κ1) is 24.8. The second kappa shape index (κ2) is 8.40. The Hall–Kier alpha value is -5.49. The number of thiophene rings is 1. The van der Waals surface area contributed by atoms with Gasteiger partial charge in [0, 0.05) is 38.1 Å². The van der Waals surface area contributed by atoms with Gasteiger partial charge in [0.25, 0.3) is 0 Å². The fourth-order valence-corrected chi connectivity index (χ4v) is 9.35. The van der Waals surface area contributed by atoms with Gasteiger partial charge in [-0.15, -0.1) is 11.3 Å². The predicted molar refractivity (Wildman–Crippen MR) is 197 cm³/mol. The molecule has 0 amide bonds. The number of aromatic nitrogens is 3. The Morgan fingerprint density at radius 1 is 0.522 bits per heavy atom. The van der Waals surface area contributed by atoms with Gasteiger partial charge in [-0.3, -0.25) is 9.47 Å². The second-order valence-electron chi connectivity index (χ2n) is 13.0. The maximum Gasteiger partial charge on any atom is 0.173 e. The minimum atomic E-state index is 0.667. The highest BCUT2D eigenvalue weighted by Crippen LogP contribution is 2.55. The minimum absolute atomic E-state index is 0.667. The molecule has 0 unspecified atom stereocenters. The summed E-state index contributed by atoms with van der Waals surface area (Å²) in [5.41, 5.74) is 10.9. The summed E-state index contributed by atoms with van der Waals surface area (Å²) >= 11 is 1.82. The number of benzene rings is 5. The molecule has 4 nitrogen and oxygen atoms in total. The Labute approximate surface area is 267 Å². The molecule has 0 saturated carbocycles. The average Bonchev–Trinajstić information content (AvgIpc) is 3.80. The third-order valence-corrected chi connectivity index (χ3v) is 11.4. The van der Waals surface area contributed by atoms with Gasteiger partial charge in [-0.05, 0) is 77.5 Å². The zero-order chi connectivity index (χ0) is 30.3. The van der Waals surface area contributed by atoms with Crippen LogP contribution in [0.4, 0.5) is 11.4 Å². The number of nitrogens with zero attached hydrogens (tertiary/aromatic N) is 4. The van der Waals surface area contributed by atoms with E-state index in [4.69, 9.17) is 4.98 Å². The fraction of sp³-hybridized carbons (Fsp3) is 0.0488. The Balaban J connectivity index is 1.53. The molecule has 10 aromatic rings. The Morgan fingerprint density at radius 2 is 1.11 bits per heavy atom. The van der Waals surface area contributed by atoms with Crippen LogP contribution in [0.25, 0.3) is 85.7 Å². The van der Waals surface area contributed by atoms with Gasteiger partial charge in [0.1, 0.15) is 11.0 Å². The molecule has 0 fully saturated rings. The van der Waals surface area contributed by atoms with Crippen LogP contribution in [-0.4, -0.2) is 27.9 Å². The van der Waals surface area contributed by atoms with E-state index in [0.29, 0.717) is 4.48 Å². The first-order chi connectivity index (χ1) is 22.6. The Kier molecular flexibility index (Phi) is 4.53. The molecule has 5 heteroatoms. The molecule has 0 N–H and O–H groups in total. The van der Waals surface area contributed by atoms with Gasteiger partial charge < -0.3 is 8.80 Å². The normalized spacial score (nSPS) is 14.0. The zero-order valence-corrected chi connectivity index (χ0v) is 26.1. The highest BCUT2D eigenvalue weighted by atomic mass is 32.1. The second-order valence-corrected chi connectivity index (χ2v) is 14.1. The summed E-state index contributed by atoms with van der Waals surface area (Å²) in [6.45, 7) is 0. The summed E-state index contributed by atoms with van der Waals surface area (Å²) in [5.74, 6) is 0. The van der Waals surface area contributed by atoms with Crippen LogP contribution in [-0.2, 0) is 0 Å². The highest BCUT2D eigenvalue weighted by Gasteiger charge is 2.42. The number of quaternary nitrogens is 1. The van der Waals surface area contributed by atoms with Crippen molar-refractivity contribution in [2.75, 3.05) is 14.1 Å². The third-order valence-electron chi connectivity index (χ3n) is 10.2. The molecule has 5 aromatic carbocycles. The molecule has 0 saturated heterocycles. The molecular weight excluding hydrogens is 581 g/mol. The van der Waals surface area contributed by atoms with Crippen molar-refractivity contribution in [3.05, 3.63) is 128 Å². The lowest BCUT2D eigenvalue weighted by Gasteiger charge is -2.24. The van der Waals surface area contributed by atoms with Gasteiger partial charge >= 0.3 is 0 Å². The van der Waals surface area contributed by atoms with E-state index < -0.39 is 0 Å². The lowest BCUT2D eigenvalue weighted by atomic mass is 10.1. The molecule has 5 aromatic heterocycles. The van der Waals surface area contributed by atoms with E-state index in [1.165, 1.54) is 80.7 Å². The Morgan fingerprint density at radius 3 is 1.80 bits per heavy atom. The third kappa shape index (κ3) is 2.99. The largest absolute Gasteiger partial charge is 0.302 e. The molecule has 11 rings (SSSR count). The van der Waals surface area contributed by atoms with E-state index in [1.807, 2.05) is 11.3 Å². The van der Waals surface area contributed by atoms with Crippen LogP contribution >= 0.6 is 11.3 Å². The summed E-state index contributed by atoms with van der Waals surface area (Å²) in [4.78, 5) is 5.00. The molecule has 216 valence electrons. The van der Waals surface area contributed by atoms with Crippen LogP contribution < -0.4 is 4.48 Å². The van der Waals surface area contributed by atoms with E-state index in [-0.39, 0.29) is 0 Å². The van der Waals surface area contributed by atoms with Crippen LogP contribution in [0.2, 0.25) is 0 Å². The van der Waals surface area contributed by atoms with Gasteiger partial charge in [0.05, 0.1) is 46.1 Å². The van der Waals surface area contributed by atoms with E-state index in [2.05, 4.69) is 150 Å².